The van der Waals surface area contributed by atoms with Gasteiger partial charge in [0.15, 0.2) is 0 Å². The molecule has 4 rings (SSSR count). The summed E-state index contributed by atoms with van der Waals surface area (Å²) in [6.45, 7) is 0.801. The van der Waals surface area contributed by atoms with Crippen molar-refractivity contribution < 1.29 is 4.74 Å². The molecule has 4 heterocycles. The Balaban J connectivity index is 1.76. The van der Waals surface area contributed by atoms with Crippen molar-refractivity contribution in [3.8, 4) is 11.1 Å². The lowest BCUT2D eigenvalue weighted by atomic mass is 10.1. The fourth-order valence-electron chi connectivity index (χ4n) is 2.70. The predicted octanol–water partition coefficient (Wildman–Crippen LogP) is 3.60. The minimum atomic E-state index is 0.0351. The first-order valence-corrected chi connectivity index (χ1v) is 8.66. The summed E-state index contributed by atoms with van der Waals surface area (Å²) < 4.78 is 13.6. The molecule has 1 atom stereocenters. The summed E-state index contributed by atoms with van der Waals surface area (Å²) in [6, 6.07) is 0. The van der Waals surface area contributed by atoms with E-state index in [2.05, 4.69) is 30.4 Å². The molecule has 1 aliphatic rings. The van der Waals surface area contributed by atoms with Crippen molar-refractivity contribution in [2.45, 2.75) is 25.5 Å². The molecule has 1 unspecified atom stereocenters. The van der Waals surface area contributed by atoms with E-state index in [4.69, 9.17) is 10.5 Å². The first-order valence-electron chi connectivity index (χ1n) is 7.09. The van der Waals surface area contributed by atoms with E-state index in [0.29, 0.717) is 5.82 Å². The largest absolute Gasteiger partial charge is 0.382 e. The van der Waals surface area contributed by atoms with Gasteiger partial charge in [0.1, 0.15) is 16.6 Å². The second-order valence-corrected chi connectivity index (χ2v) is 6.79. The van der Waals surface area contributed by atoms with Gasteiger partial charge in [-0.05, 0) is 46.7 Å². The number of fused-ring (bicyclic) bond motifs is 1. The summed E-state index contributed by atoms with van der Waals surface area (Å²) in [6.07, 6.45) is 9.02. The second-order valence-electron chi connectivity index (χ2n) is 5.26. The van der Waals surface area contributed by atoms with E-state index in [1.807, 2.05) is 23.3 Å². The molecule has 1 saturated heterocycles. The molecular formula is C14H14BrN5OS. The normalized spacial score (nSPS) is 18.9. The Morgan fingerprint density at radius 3 is 3.09 bits per heavy atom. The molecule has 0 bridgehead atoms. The van der Waals surface area contributed by atoms with Crippen LogP contribution in [0.5, 0.6) is 0 Å². The highest BCUT2D eigenvalue weighted by atomic mass is 79.9. The third kappa shape index (κ3) is 2.31. The average Bonchev–Trinajstić information content (AvgIpc) is 3.17. The summed E-state index contributed by atoms with van der Waals surface area (Å²) in [5.41, 5.74) is 7.93. The van der Waals surface area contributed by atoms with Crippen LogP contribution in [0, 0.1) is 0 Å². The van der Waals surface area contributed by atoms with Crippen LogP contribution in [-0.4, -0.2) is 25.7 Å². The number of nitrogens with two attached hydrogens (primary N) is 1. The lowest BCUT2D eigenvalue weighted by Gasteiger charge is -2.22. The van der Waals surface area contributed by atoms with Crippen LogP contribution in [0.3, 0.4) is 0 Å². The molecule has 0 aliphatic carbocycles. The summed E-state index contributed by atoms with van der Waals surface area (Å²) in [7, 11) is 0. The summed E-state index contributed by atoms with van der Waals surface area (Å²) in [4.78, 5) is 4.37. The first kappa shape index (κ1) is 14.1. The summed E-state index contributed by atoms with van der Waals surface area (Å²) >= 11 is 4.82. The van der Waals surface area contributed by atoms with Gasteiger partial charge in [0.25, 0.3) is 0 Å². The van der Waals surface area contributed by atoms with Gasteiger partial charge in [-0.15, -0.1) is 0 Å². The Kier molecular flexibility index (Phi) is 3.59. The molecule has 0 amide bonds. The van der Waals surface area contributed by atoms with E-state index in [0.717, 1.165) is 45.3 Å². The Hall–Kier alpha value is -1.51. The molecule has 1 aliphatic heterocycles. The topological polar surface area (TPSA) is 78.8 Å². The van der Waals surface area contributed by atoms with Crippen molar-refractivity contribution in [3.63, 3.8) is 0 Å². The number of anilines is 1. The Morgan fingerprint density at radius 1 is 1.36 bits per heavy atom. The molecule has 0 aromatic carbocycles. The molecule has 3 aromatic heterocycles. The fourth-order valence-corrected chi connectivity index (χ4v) is 4.18. The number of hydrogen-bond donors (Lipinski definition) is 1. The van der Waals surface area contributed by atoms with Crippen LogP contribution < -0.4 is 5.73 Å². The van der Waals surface area contributed by atoms with Gasteiger partial charge in [-0.1, -0.05) is 0 Å². The highest BCUT2D eigenvalue weighted by Gasteiger charge is 2.19. The van der Waals surface area contributed by atoms with Gasteiger partial charge in [-0.3, -0.25) is 0 Å². The molecule has 0 spiro atoms. The number of rotatable bonds is 2. The number of ether oxygens (including phenoxy) is 1. The number of pyridine rings is 1. The van der Waals surface area contributed by atoms with Crippen molar-refractivity contribution in [1.29, 1.82) is 0 Å². The van der Waals surface area contributed by atoms with Gasteiger partial charge >= 0.3 is 0 Å². The molecule has 0 saturated carbocycles. The van der Waals surface area contributed by atoms with Crippen LogP contribution in [0.2, 0.25) is 0 Å². The van der Waals surface area contributed by atoms with E-state index < -0.39 is 0 Å². The monoisotopic (exact) mass is 379 g/mol. The van der Waals surface area contributed by atoms with Gasteiger partial charge in [0, 0.05) is 30.1 Å². The number of nitrogens with zero attached hydrogens (tertiary/aromatic N) is 4. The van der Waals surface area contributed by atoms with Gasteiger partial charge in [0.2, 0.25) is 0 Å². The molecule has 1 fully saturated rings. The average molecular weight is 380 g/mol. The predicted molar refractivity (Wildman–Crippen MR) is 89.6 cm³/mol. The molecular weight excluding hydrogens is 366 g/mol. The van der Waals surface area contributed by atoms with Crippen LogP contribution in [0.1, 0.15) is 25.5 Å². The molecule has 3 aromatic rings. The van der Waals surface area contributed by atoms with Crippen molar-refractivity contribution in [2.24, 2.45) is 0 Å². The Morgan fingerprint density at radius 2 is 2.27 bits per heavy atom. The van der Waals surface area contributed by atoms with Crippen molar-refractivity contribution in [3.05, 3.63) is 23.2 Å². The second kappa shape index (κ2) is 5.60. The van der Waals surface area contributed by atoms with Crippen LogP contribution in [0.4, 0.5) is 5.82 Å². The maximum atomic E-state index is 5.93. The smallest absolute Gasteiger partial charge is 0.150 e. The number of nitrogen functional groups attached to an aromatic ring is 1. The number of hydrogen-bond acceptors (Lipinski definition) is 6. The lowest BCUT2D eigenvalue weighted by Crippen LogP contribution is -2.18. The van der Waals surface area contributed by atoms with Crippen molar-refractivity contribution >= 4 is 43.4 Å². The molecule has 22 heavy (non-hydrogen) atoms. The molecule has 114 valence electrons. The highest BCUT2D eigenvalue weighted by molar-refractivity contribution is 9.10. The van der Waals surface area contributed by atoms with Crippen LogP contribution in [0.15, 0.2) is 23.2 Å². The SMILES string of the molecule is Nc1nsc2c(-c3cnn(C4CCCCO4)c3)cnc(Br)c12. The maximum absolute atomic E-state index is 5.93. The number of aromatic nitrogens is 4. The molecule has 6 nitrogen and oxygen atoms in total. The third-order valence-corrected chi connectivity index (χ3v) is 5.34. The van der Waals surface area contributed by atoms with Crippen LogP contribution >= 0.6 is 27.5 Å². The first-order chi connectivity index (χ1) is 10.7. The molecule has 2 N–H and O–H groups in total. The standard InChI is InChI=1S/C14H14BrN5OS/c15-13-11-12(22-19-14(11)16)9(6-17-13)8-5-18-20(7-8)10-3-1-2-4-21-10/h5-7,10H,1-4H2,(H2,16,19). The van der Waals surface area contributed by atoms with Gasteiger partial charge < -0.3 is 10.5 Å². The summed E-state index contributed by atoms with van der Waals surface area (Å²) in [5, 5.41) is 5.32. The van der Waals surface area contributed by atoms with E-state index in [1.54, 1.807) is 0 Å². The van der Waals surface area contributed by atoms with Crippen molar-refractivity contribution in [2.75, 3.05) is 12.3 Å². The quantitative estimate of drug-likeness (QED) is 0.688. The zero-order chi connectivity index (χ0) is 15.1. The third-order valence-electron chi connectivity index (χ3n) is 3.84. The van der Waals surface area contributed by atoms with Gasteiger partial charge in [-0.2, -0.15) is 9.47 Å². The van der Waals surface area contributed by atoms with Crippen LogP contribution in [-0.2, 0) is 4.74 Å². The zero-order valence-corrected chi connectivity index (χ0v) is 14.1. The van der Waals surface area contributed by atoms with Crippen LogP contribution in [0.25, 0.3) is 21.2 Å². The van der Waals surface area contributed by atoms with Gasteiger partial charge in [-0.25, -0.2) is 9.67 Å². The Labute approximate surface area is 139 Å². The minimum absolute atomic E-state index is 0.0351. The molecule has 0 radical (unpaired) electrons. The van der Waals surface area contributed by atoms with E-state index >= 15 is 0 Å². The van der Waals surface area contributed by atoms with Gasteiger partial charge in [0.05, 0.1) is 16.3 Å². The number of halogens is 1. The van der Waals surface area contributed by atoms with E-state index in [1.165, 1.54) is 18.0 Å². The highest BCUT2D eigenvalue weighted by Crippen LogP contribution is 2.37. The minimum Gasteiger partial charge on any atom is -0.382 e. The maximum Gasteiger partial charge on any atom is 0.150 e. The van der Waals surface area contributed by atoms with Crippen molar-refractivity contribution in [1.82, 2.24) is 19.1 Å². The van der Waals surface area contributed by atoms with E-state index in [9.17, 15) is 0 Å². The summed E-state index contributed by atoms with van der Waals surface area (Å²) in [5.74, 6) is 0.504. The zero-order valence-electron chi connectivity index (χ0n) is 11.7. The fraction of sp³-hybridized carbons (Fsp3) is 0.357. The molecule has 8 heteroatoms. The van der Waals surface area contributed by atoms with E-state index in [-0.39, 0.29) is 6.23 Å². The lowest BCUT2D eigenvalue weighted by molar-refractivity contribution is -0.0394. The Bertz CT molecular complexity index is 824.